The van der Waals surface area contributed by atoms with Gasteiger partial charge in [-0.3, -0.25) is 0 Å². The minimum Gasteiger partial charge on any atom is -0.462 e. The van der Waals surface area contributed by atoms with Gasteiger partial charge in [0.25, 0.3) is 0 Å². The molecule has 1 aliphatic heterocycles. The van der Waals surface area contributed by atoms with Gasteiger partial charge in [0.2, 0.25) is 9.84 Å². The molecule has 0 spiro atoms. The van der Waals surface area contributed by atoms with Crippen LogP contribution >= 0.6 is 34.8 Å². The topological polar surface area (TPSA) is 63.7 Å². The van der Waals surface area contributed by atoms with Crippen LogP contribution in [0.4, 0.5) is 11.4 Å². The first-order valence-corrected chi connectivity index (χ1v) is 10.0. The Morgan fingerprint density at radius 3 is 2.31 bits per heavy atom. The van der Waals surface area contributed by atoms with E-state index in [4.69, 9.17) is 39.5 Å². The molecule has 136 valence electrons. The van der Waals surface area contributed by atoms with E-state index in [1.54, 1.807) is 31.2 Å². The van der Waals surface area contributed by atoms with E-state index in [0.29, 0.717) is 10.7 Å². The van der Waals surface area contributed by atoms with Gasteiger partial charge in [0.1, 0.15) is 0 Å². The number of hydrogen-bond acceptors (Lipinski definition) is 5. The number of nitrogens with zero attached hydrogens (tertiary/aromatic N) is 1. The van der Waals surface area contributed by atoms with Crippen LogP contribution in [0.15, 0.2) is 52.4 Å². The number of esters is 1. The summed E-state index contributed by atoms with van der Waals surface area (Å²) in [4.78, 5) is 13.1. The van der Waals surface area contributed by atoms with E-state index < -0.39 is 20.7 Å². The molecule has 0 atom stereocenters. The van der Waals surface area contributed by atoms with E-state index >= 15 is 0 Å². The standard InChI is InChI=1S/C17H12Cl3NO4S/c1-2-25-17(22)16-9-21(11-5-3-10(18)4-6-11)14-7-12(19)13(20)8-15(14)26(16,23)24/h3-9H,2H2,1H3. The average Bonchev–Trinajstić information content (AvgIpc) is 2.58. The molecule has 2 aromatic carbocycles. The van der Waals surface area contributed by atoms with Crippen molar-refractivity contribution in [2.24, 2.45) is 0 Å². The quantitative estimate of drug-likeness (QED) is 0.640. The second-order valence-electron chi connectivity index (χ2n) is 5.30. The summed E-state index contributed by atoms with van der Waals surface area (Å²) in [5, 5.41) is 0.769. The Balaban J connectivity index is 2.28. The van der Waals surface area contributed by atoms with E-state index in [1.165, 1.54) is 23.2 Å². The minimum absolute atomic E-state index is 0.0425. The van der Waals surface area contributed by atoms with E-state index in [0.717, 1.165) is 0 Å². The fraction of sp³-hybridized carbons (Fsp3) is 0.118. The highest BCUT2D eigenvalue weighted by Gasteiger charge is 2.37. The molecule has 1 aliphatic rings. The molecular weight excluding hydrogens is 421 g/mol. The third-order valence-electron chi connectivity index (χ3n) is 3.67. The molecule has 0 bridgehead atoms. The van der Waals surface area contributed by atoms with Gasteiger partial charge in [-0.15, -0.1) is 0 Å². The van der Waals surface area contributed by atoms with Gasteiger partial charge >= 0.3 is 5.97 Å². The van der Waals surface area contributed by atoms with Gasteiger partial charge in [0, 0.05) is 16.9 Å². The van der Waals surface area contributed by atoms with Crippen molar-refractivity contribution in [2.75, 3.05) is 11.5 Å². The molecule has 9 heteroatoms. The third kappa shape index (κ3) is 3.30. The zero-order chi connectivity index (χ0) is 19.1. The maximum absolute atomic E-state index is 12.9. The summed E-state index contributed by atoms with van der Waals surface area (Å²) in [6.45, 7) is 1.64. The number of ether oxygens (including phenoxy) is 1. The van der Waals surface area contributed by atoms with Crippen LogP contribution in [-0.2, 0) is 19.4 Å². The first kappa shape index (κ1) is 19.0. The van der Waals surface area contributed by atoms with Crippen molar-refractivity contribution >= 4 is 62.0 Å². The van der Waals surface area contributed by atoms with Crippen LogP contribution in [-0.4, -0.2) is 21.0 Å². The summed E-state index contributed by atoms with van der Waals surface area (Å²) >= 11 is 18.0. The summed E-state index contributed by atoms with van der Waals surface area (Å²) in [6.07, 6.45) is 1.21. The SMILES string of the molecule is CCOC(=O)C1=CN(c2ccc(Cl)cc2)c2cc(Cl)c(Cl)cc2S1(=O)=O. The number of anilines is 2. The number of sulfone groups is 1. The van der Waals surface area contributed by atoms with Gasteiger partial charge in [-0.25, -0.2) is 13.2 Å². The van der Waals surface area contributed by atoms with Crippen LogP contribution < -0.4 is 4.90 Å². The van der Waals surface area contributed by atoms with Gasteiger partial charge in [-0.2, -0.15) is 0 Å². The highest BCUT2D eigenvalue weighted by molar-refractivity contribution is 7.96. The molecule has 1 heterocycles. The molecule has 26 heavy (non-hydrogen) atoms. The lowest BCUT2D eigenvalue weighted by molar-refractivity contribution is -0.137. The smallest absolute Gasteiger partial charge is 0.351 e. The first-order chi connectivity index (χ1) is 12.3. The van der Waals surface area contributed by atoms with Crippen LogP contribution in [0, 0.1) is 0 Å². The zero-order valence-corrected chi connectivity index (χ0v) is 16.5. The van der Waals surface area contributed by atoms with Gasteiger partial charge in [0.05, 0.1) is 27.2 Å². The number of halogens is 3. The minimum atomic E-state index is -4.12. The maximum Gasteiger partial charge on any atom is 0.351 e. The van der Waals surface area contributed by atoms with Crippen LogP contribution in [0.25, 0.3) is 0 Å². The average molecular weight is 433 g/mol. The second-order valence-corrected chi connectivity index (χ2v) is 8.44. The Morgan fingerprint density at radius 1 is 1.08 bits per heavy atom. The Labute approximate surface area is 165 Å². The Hall–Kier alpha value is -1.73. The molecule has 0 N–H and O–H groups in total. The fourth-order valence-corrected chi connectivity index (χ4v) is 4.45. The third-order valence-corrected chi connectivity index (χ3v) is 6.40. The molecular formula is C17H12Cl3NO4S. The molecule has 0 radical (unpaired) electrons. The fourth-order valence-electron chi connectivity index (χ4n) is 2.48. The van der Waals surface area contributed by atoms with Gasteiger partial charge < -0.3 is 9.64 Å². The van der Waals surface area contributed by atoms with Crippen molar-refractivity contribution < 1.29 is 17.9 Å². The zero-order valence-electron chi connectivity index (χ0n) is 13.4. The summed E-state index contributed by atoms with van der Waals surface area (Å²) < 4.78 is 30.7. The van der Waals surface area contributed by atoms with Crippen molar-refractivity contribution in [1.29, 1.82) is 0 Å². The van der Waals surface area contributed by atoms with Crippen molar-refractivity contribution in [3.8, 4) is 0 Å². The number of fused-ring (bicyclic) bond motifs is 1. The molecule has 3 rings (SSSR count). The first-order valence-electron chi connectivity index (χ1n) is 7.43. The van der Waals surface area contributed by atoms with E-state index in [-0.39, 0.29) is 27.2 Å². The van der Waals surface area contributed by atoms with Gasteiger partial charge in [0.15, 0.2) is 4.91 Å². The van der Waals surface area contributed by atoms with Crippen LogP contribution in [0.3, 0.4) is 0 Å². The van der Waals surface area contributed by atoms with E-state index in [1.807, 2.05) is 0 Å². The van der Waals surface area contributed by atoms with Gasteiger partial charge in [-0.1, -0.05) is 34.8 Å². The van der Waals surface area contributed by atoms with Crippen molar-refractivity contribution in [1.82, 2.24) is 0 Å². The predicted octanol–water partition coefficient (Wildman–Crippen LogP) is 4.98. The summed E-state index contributed by atoms with van der Waals surface area (Å²) in [5.74, 6) is -0.941. The van der Waals surface area contributed by atoms with Crippen LogP contribution in [0.2, 0.25) is 15.1 Å². The number of hydrogen-bond donors (Lipinski definition) is 0. The summed E-state index contributed by atoms with van der Waals surface area (Å²) in [6, 6.07) is 9.33. The lowest BCUT2D eigenvalue weighted by atomic mass is 10.2. The molecule has 5 nitrogen and oxygen atoms in total. The second kappa shape index (κ2) is 7.12. The number of carbonyl (C=O) groups excluding carboxylic acids is 1. The Kier molecular flexibility index (Phi) is 5.21. The largest absolute Gasteiger partial charge is 0.462 e. The molecule has 0 aromatic heterocycles. The highest BCUT2D eigenvalue weighted by Crippen LogP contribution is 2.43. The van der Waals surface area contributed by atoms with Crippen LogP contribution in [0.5, 0.6) is 0 Å². The number of rotatable bonds is 3. The lowest BCUT2D eigenvalue weighted by Gasteiger charge is -2.29. The van der Waals surface area contributed by atoms with Crippen molar-refractivity contribution in [3.63, 3.8) is 0 Å². The Morgan fingerprint density at radius 2 is 1.69 bits per heavy atom. The van der Waals surface area contributed by atoms with Crippen molar-refractivity contribution in [3.05, 3.63) is 62.6 Å². The lowest BCUT2D eigenvalue weighted by Crippen LogP contribution is -2.26. The molecule has 0 aliphatic carbocycles. The molecule has 0 saturated carbocycles. The molecule has 0 unspecified atom stereocenters. The van der Waals surface area contributed by atoms with Crippen molar-refractivity contribution in [2.45, 2.75) is 11.8 Å². The number of benzene rings is 2. The predicted molar refractivity (Wildman–Crippen MR) is 102 cm³/mol. The Bertz CT molecular complexity index is 1020. The maximum atomic E-state index is 12.9. The highest BCUT2D eigenvalue weighted by atomic mass is 35.5. The van der Waals surface area contributed by atoms with E-state index in [2.05, 4.69) is 0 Å². The van der Waals surface area contributed by atoms with E-state index in [9.17, 15) is 13.2 Å². The summed E-state index contributed by atoms with van der Waals surface area (Å²) in [5.41, 5.74) is 0.862. The monoisotopic (exact) mass is 431 g/mol. The molecule has 2 aromatic rings. The van der Waals surface area contributed by atoms with Gasteiger partial charge in [-0.05, 0) is 43.3 Å². The molecule has 0 fully saturated rings. The molecule has 0 amide bonds. The normalized spacial score (nSPS) is 15.2. The van der Waals surface area contributed by atoms with Crippen LogP contribution in [0.1, 0.15) is 6.92 Å². The number of carbonyl (C=O) groups is 1. The summed E-state index contributed by atoms with van der Waals surface area (Å²) in [7, 11) is -4.12. The molecule has 0 saturated heterocycles.